The van der Waals surface area contributed by atoms with Crippen LogP contribution in [0.3, 0.4) is 0 Å². The number of hydrogen-bond acceptors (Lipinski definition) is 7. The minimum absolute atomic E-state index is 0.00815. The zero-order valence-electron chi connectivity index (χ0n) is 28.6. The van der Waals surface area contributed by atoms with Crippen LogP contribution in [-0.2, 0) is 9.59 Å². The Balaban J connectivity index is 0.000000399. The third-order valence-corrected chi connectivity index (χ3v) is 14.8. The number of aliphatic hydroxyl groups excluding tert-OH is 3. The third kappa shape index (κ3) is 5.50. The lowest BCUT2D eigenvalue weighted by atomic mass is 9.33. The van der Waals surface area contributed by atoms with Crippen LogP contribution in [-0.4, -0.2) is 68.9 Å². The van der Waals surface area contributed by atoms with E-state index in [0.29, 0.717) is 37.1 Å². The molecule has 0 saturated heterocycles. The molecule has 0 spiro atoms. The number of aliphatic hydroxyl groups is 3. The van der Waals surface area contributed by atoms with Crippen LogP contribution >= 0.6 is 0 Å². The summed E-state index contributed by atoms with van der Waals surface area (Å²) in [6.45, 7) is 14.2. The van der Waals surface area contributed by atoms with Crippen molar-refractivity contribution in [2.24, 2.45) is 68.1 Å². The van der Waals surface area contributed by atoms with Crippen molar-refractivity contribution in [2.75, 3.05) is 13.2 Å². The predicted octanol–water partition coefficient (Wildman–Crippen LogP) is 4.56. The summed E-state index contributed by atoms with van der Waals surface area (Å²) >= 11 is 0. The third-order valence-electron chi connectivity index (χ3n) is 14.8. The Bertz CT molecular complexity index is 1150. The normalized spacial score (nSPS) is 47.8. The summed E-state index contributed by atoms with van der Waals surface area (Å²) in [5.41, 5.74) is 10.2. The number of carbonyl (C=O) groups is 2. The van der Waals surface area contributed by atoms with Crippen LogP contribution in [0.4, 0.5) is 0 Å². The van der Waals surface area contributed by atoms with E-state index in [0.717, 1.165) is 57.8 Å². The molecule has 9 heteroatoms. The van der Waals surface area contributed by atoms with Gasteiger partial charge < -0.3 is 37.0 Å². The van der Waals surface area contributed by atoms with Crippen LogP contribution in [0.5, 0.6) is 0 Å². The molecule has 258 valence electrons. The fraction of sp³-hybridized carbons (Fsp3) is 0.889. The summed E-state index contributed by atoms with van der Waals surface area (Å²) in [5.74, 6) is -0.106. The largest absolute Gasteiger partial charge is 0.481 e. The zero-order valence-corrected chi connectivity index (χ0v) is 28.6. The van der Waals surface area contributed by atoms with Gasteiger partial charge in [0.15, 0.2) is 0 Å². The zero-order chi connectivity index (χ0) is 33.8. The molecule has 0 heterocycles. The number of unbranched alkanes of at least 4 members (excludes halogenated alkanes) is 1. The van der Waals surface area contributed by atoms with Crippen LogP contribution in [0.2, 0.25) is 0 Å². The molecule has 0 unspecified atom stereocenters. The fourth-order valence-corrected chi connectivity index (χ4v) is 11.6. The van der Waals surface area contributed by atoms with E-state index < -0.39 is 41.0 Å². The standard InChI is InChI=1S/C30H48O5.C6H14N2O2/c1-17-9-12-30(25(34)35)14-13-28(5)19(23(30)18(17)2)7-8-22-26(3)15-20(32)24(33)27(4,16-31)21(26)10-11-29(22,28)6;7-4-2-1-3-5(8)6(9)10/h7,17-18,20-24,31-33H,8-16H2,1-6H3,(H,34,35);5H,1-4,7-8H2,(H,9,10)/t17-,18+,20-,21-,22-,23+,24+,26+,27+,28-,29-,30+;5-/m10/s1. The number of nitrogens with two attached hydrogens (primary N) is 2. The topological polar surface area (TPSA) is 187 Å². The van der Waals surface area contributed by atoms with Crippen molar-refractivity contribution >= 4 is 11.9 Å². The minimum atomic E-state index is -0.933. The summed E-state index contributed by atoms with van der Waals surface area (Å²) in [4.78, 5) is 22.9. The second kappa shape index (κ2) is 12.8. The van der Waals surface area contributed by atoms with Gasteiger partial charge in [0, 0.05) is 5.41 Å². The number of fused-ring (bicyclic) bond motifs is 7. The van der Waals surface area contributed by atoms with Gasteiger partial charge in [-0.2, -0.15) is 0 Å². The molecule has 0 aromatic heterocycles. The maximum atomic E-state index is 12.8. The second-order valence-corrected chi connectivity index (χ2v) is 16.7. The van der Waals surface area contributed by atoms with Crippen molar-refractivity contribution in [3.8, 4) is 0 Å². The number of allylic oxidation sites excluding steroid dienone is 2. The first-order valence-electron chi connectivity index (χ1n) is 17.5. The van der Waals surface area contributed by atoms with Crippen LogP contribution in [0.15, 0.2) is 11.6 Å². The Morgan fingerprint density at radius 1 is 0.978 bits per heavy atom. The number of carboxylic acid groups (broad SMARTS) is 2. The van der Waals surface area contributed by atoms with Crippen LogP contribution < -0.4 is 11.5 Å². The molecule has 9 nitrogen and oxygen atoms in total. The molecule has 5 aliphatic rings. The van der Waals surface area contributed by atoms with Crippen molar-refractivity contribution < 1.29 is 35.1 Å². The van der Waals surface area contributed by atoms with Gasteiger partial charge in [0.1, 0.15) is 6.04 Å². The van der Waals surface area contributed by atoms with E-state index in [1.54, 1.807) is 0 Å². The van der Waals surface area contributed by atoms with Crippen molar-refractivity contribution in [3.05, 3.63) is 11.6 Å². The lowest BCUT2D eigenvalue weighted by Gasteiger charge is -2.71. The van der Waals surface area contributed by atoms with Gasteiger partial charge in [0.25, 0.3) is 0 Å². The smallest absolute Gasteiger partial charge is 0.320 e. The van der Waals surface area contributed by atoms with Crippen molar-refractivity contribution in [1.82, 2.24) is 0 Å². The second-order valence-electron chi connectivity index (χ2n) is 16.7. The molecule has 4 fully saturated rings. The van der Waals surface area contributed by atoms with Gasteiger partial charge in [0.2, 0.25) is 0 Å². The quantitative estimate of drug-likeness (QED) is 0.156. The highest BCUT2D eigenvalue weighted by Crippen LogP contribution is 2.75. The van der Waals surface area contributed by atoms with Crippen molar-refractivity contribution in [3.63, 3.8) is 0 Å². The fourth-order valence-electron chi connectivity index (χ4n) is 11.6. The molecule has 0 radical (unpaired) electrons. The summed E-state index contributed by atoms with van der Waals surface area (Å²) in [5, 5.41) is 51.2. The number of carboxylic acids is 2. The van der Waals surface area contributed by atoms with Crippen LogP contribution in [0.1, 0.15) is 112 Å². The Morgan fingerprint density at radius 3 is 2.22 bits per heavy atom. The summed E-state index contributed by atoms with van der Waals surface area (Å²) in [6, 6.07) is -0.716. The summed E-state index contributed by atoms with van der Waals surface area (Å²) < 4.78 is 0. The molecule has 0 bridgehead atoms. The average molecular weight is 635 g/mol. The average Bonchev–Trinajstić information content (AvgIpc) is 2.98. The van der Waals surface area contributed by atoms with Crippen LogP contribution in [0, 0.1) is 56.7 Å². The number of hydrogen-bond donors (Lipinski definition) is 7. The predicted molar refractivity (Wildman–Crippen MR) is 174 cm³/mol. The molecule has 0 aromatic carbocycles. The highest BCUT2D eigenvalue weighted by Gasteiger charge is 2.70. The minimum Gasteiger partial charge on any atom is -0.481 e. The Labute approximate surface area is 270 Å². The molecule has 4 saturated carbocycles. The summed E-state index contributed by atoms with van der Waals surface area (Å²) in [6.07, 6.45) is 9.68. The lowest BCUT2D eigenvalue weighted by Crippen LogP contribution is -2.68. The van der Waals surface area contributed by atoms with E-state index >= 15 is 0 Å². The van der Waals surface area contributed by atoms with Gasteiger partial charge in [-0.15, -0.1) is 0 Å². The van der Waals surface area contributed by atoms with E-state index in [1.807, 2.05) is 6.92 Å². The molecule has 45 heavy (non-hydrogen) atoms. The Kier molecular flexibility index (Phi) is 10.4. The highest BCUT2D eigenvalue weighted by molar-refractivity contribution is 5.76. The van der Waals surface area contributed by atoms with E-state index in [9.17, 15) is 30.0 Å². The molecule has 0 aliphatic heterocycles. The summed E-state index contributed by atoms with van der Waals surface area (Å²) in [7, 11) is 0. The molecule has 5 rings (SSSR count). The van der Waals surface area contributed by atoms with E-state index in [-0.39, 0.29) is 34.7 Å². The molecule has 9 N–H and O–H groups in total. The van der Waals surface area contributed by atoms with Crippen LogP contribution in [0.25, 0.3) is 0 Å². The molecule has 0 aromatic rings. The first-order valence-corrected chi connectivity index (χ1v) is 17.5. The monoisotopic (exact) mass is 634 g/mol. The Morgan fingerprint density at radius 2 is 1.64 bits per heavy atom. The lowest BCUT2D eigenvalue weighted by molar-refractivity contribution is -0.244. The molecular weight excluding hydrogens is 572 g/mol. The maximum absolute atomic E-state index is 12.8. The molecule has 5 aliphatic carbocycles. The van der Waals surface area contributed by atoms with Crippen molar-refractivity contribution in [1.29, 1.82) is 0 Å². The van der Waals surface area contributed by atoms with E-state index in [4.69, 9.17) is 16.6 Å². The Hall–Kier alpha value is -1.52. The van der Waals surface area contributed by atoms with E-state index in [1.165, 1.54) is 5.57 Å². The van der Waals surface area contributed by atoms with Gasteiger partial charge in [-0.25, -0.2) is 0 Å². The highest BCUT2D eigenvalue weighted by atomic mass is 16.4. The van der Waals surface area contributed by atoms with Crippen molar-refractivity contribution in [2.45, 2.75) is 130 Å². The van der Waals surface area contributed by atoms with Gasteiger partial charge >= 0.3 is 11.9 Å². The molecular formula is C36H62N2O7. The van der Waals surface area contributed by atoms with E-state index in [2.05, 4.69) is 40.7 Å². The molecule has 13 atom stereocenters. The van der Waals surface area contributed by atoms with Gasteiger partial charge in [-0.3, -0.25) is 9.59 Å². The number of rotatable bonds is 7. The number of aliphatic carboxylic acids is 2. The first-order chi connectivity index (χ1) is 20.9. The molecule has 0 amide bonds. The van der Waals surface area contributed by atoms with Gasteiger partial charge in [0.05, 0.1) is 24.2 Å². The van der Waals surface area contributed by atoms with Gasteiger partial charge in [-0.05, 0) is 117 Å². The first kappa shape index (κ1) is 36.3. The van der Waals surface area contributed by atoms with Gasteiger partial charge in [-0.1, -0.05) is 59.6 Å². The SMILES string of the molecule is C[C@H]1[C@H](C)CC[C@]2(C(=O)O)CC[C@]3(C)C(=CC[C@@H]4[C@@]5(C)C[C@@H](O)[C@H](O)[C@@](C)(CO)[C@@H]5CC[C@]43C)[C@H]12.NCCCC[C@H](N)C(=O)O. The maximum Gasteiger partial charge on any atom is 0.320 e.